The second-order valence-corrected chi connectivity index (χ2v) is 3.84. The molecule has 15 heavy (non-hydrogen) atoms. The lowest BCUT2D eigenvalue weighted by atomic mass is 10.0. The Hall–Kier alpha value is -1.48. The SMILES string of the molecule is Cc1cc(C(N)c2cc(C)oc2C)co1. The Kier molecular flexibility index (Phi) is 2.40. The van der Waals surface area contributed by atoms with Gasteiger partial charge < -0.3 is 14.6 Å². The van der Waals surface area contributed by atoms with Crippen molar-refractivity contribution in [3.8, 4) is 0 Å². The summed E-state index contributed by atoms with van der Waals surface area (Å²) in [4.78, 5) is 0. The van der Waals surface area contributed by atoms with Crippen LogP contribution in [-0.4, -0.2) is 0 Å². The zero-order valence-electron chi connectivity index (χ0n) is 9.20. The van der Waals surface area contributed by atoms with Gasteiger partial charge in [0.05, 0.1) is 12.3 Å². The fraction of sp³-hybridized carbons (Fsp3) is 0.333. The molecule has 3 heteroatoms. The first kappa shape index (κ1) is 10.1. The summed E-state index contributed by atoms with van der Waals surface area (Å²) < 4.78 is 10.7. The Morgan fingerprint density at radius 3 is 2.33 bits per heavy atom. The maximum atomic E-state index is 6.12. The second kappa shape index (κ2) is 3.59. The number of furan rings is 2. The molecule has 0 aliphatic carbocycles. The first-order valence-corrected chi connectivity index (χ1v) is 4.95. The van der Waals surface area contributed by atoms with E-state index in [9.17, 15) is 0 Å². The van der Waals surface area contributed by atoms with Crippen molar-refractivity contribution in [3.63, 3.8) is 0 Å². The van der Waals surface area contributed by atoms with Crippen LogP contribution < -0.4 is 5.73 Å². The highest BCUT2D eigenvalue weighted by atomic mass is 16.3. The third-order valence-corrected chi connectivity index (χ3v) is 2.52. The summed E-state index contributed by atoms with van der Waals surface area (Å²) >= 11 is 0. The molecule has 0 saturated carbocycles. The van der Waals surface area contributed by atoms with Gasteiger partial charge in [-0.25, -0.2) is 0 Å². The third-order valence-electron chi connectivity index (χ3n) is 2.52. The van der Waals surface area contributed by atoms with E-state index in [0.717, 1.165) is 28.4 Å². The molecule has 0 spiro atoms. The largest absolute Gasteiger partial charge is 0.469 e. The van der Waals surface area contributed by atoms with Gasteiger partial charge in [-0.05, 0) is 32.9 Å². The van der Waals surface area contributed by atoms with Crippen molar-refractivity contribution in [2.75, 3.05) is 0 Å². The molecule has 2 heterocycles. The van der Waals surface area contributed by atoms with Gasteiger partial charge in [0.2, 0.25) is 0 Å². The highest BCUT2D eigenvalue weighted by molar-refractivity contribution is 5.33. The average molecular weight is 205 g/mol. The minimum Gasteiger partial charge on any atom is -0.469 e. The van der Waals surface area contributed by atoms with E-state index in [1.54, 1.807) is 6.26 Å². The van der Waals surface area contributed by atoms with Crippen LogP contribution >= 0.6 is 0 Å². The van der Waals surface area contributed by atoms with E-state index in [-0.39, 0.29) is 6.04 Å². The van der Waals surface area contributed by atoms with Gasteiger partial charge in [0.25, 0.3) is 0 Å². The smallest absolute Gasteiger partial charge is 0.106 e. The van der Waals surface area contributed by atoms with Gasteiger partial charge >= 0.3 is 0 Å². The number of aryl methyl sites for hydroxylation is 3. The lowest BCUT2D eigenvalue weighted by Gasteiger charge is -2.07. The summed E-state index contributed by atoms with van der Waals surface area (Å²) in [5, 5.41) is 0. The van der Waals surface area contributed by atoms with E-state index in [0.29, 0.717) is 0 Å². The zero-order valence-corrected chi connectivity index (χ0v) is 9.20. The molecule has 2 aromatic rings. The normalized spacial score (nSPS) is 13.1. The standard InChI is InChI=1S/C12H15NO2/c1-7-4-10(6-14-7)12(13)11-5-8(2)15-9(11)3/h4-6,12H,13H2,1-3H3. The summed E-state index contributed by atoms with van der Waals surface area (Å²) in [6.07, 6.45) is 1.70. The predicted molar refractivity (Wildman–Crippen MR) is 57.7 cm³/mol. The van der Waals surface area contributed by atoms with Crippen molar-refractivity contribution in [2.45, 2.75) is 26.8 Å². The molecule has 2 N–H and O–H groups in total. The second-order valence-electron chi connectivity index (χ2n) is 3.84. The minimum atomic E-state index is -0.167. The fourth-order valence-electron chi connectivity index (χ4n) is 1.77. The van der Waals surface area contributed by atoms with Gasteiger partial charge in [0, 0.05) is 11.1 Å². The first-order valence-electron chi connectivity index (χ1n) is 4.95. The van der Waals surface area contributed by atoms with Crippen LogP contribution in [0.2, 0.25) is 0 Å². The van der Waals surface area contributed by atoms with Crippen LogP contribution in [0.1, 0.15) is 34.4 Å². The molecule has 1 unspecified atom stereocenters. The van der Waals surface area contributed by atoms with Gasteiger partial charge in [-0.15, -0.1) is 0 Å². The number of nitrogens with two attached hydrogens (primary N) is 1. The maximum Gasteiger partial charge on any atom is 0.106 e. The molecule has 0 radical (unpaired) electrons. The van der Waals surface area contributed by atoms with Gasteiger partial charge in [-0.3, -0.25) is 0 Å². The van der Waals surface area contributed by atoms with Crippen LogP contribution in [0.3, 0.4) is 0 Å². The highest BCUT2D eigenvalue weighted by Crippen LogP contribution is 2.26. The third kappa shape index (κ3) is 1.83. The van der Waals surface area contributed by atoms with Crippen LogP contribution in [0.5, 0.6) is 0 Å². The van der Waals surface area contributed by atoms with E-state index in [2.05, 4.69) is 0 Å². The van der Waals surface area contributed by atoms with Gasteiger partial charge in [0.1, 0.15) is 17.3 Å². The van der Waals surface area contributed by atoms with Crippen molar-refractivity contribution in [3.05, 3.63) is 46.8 Å². The summed E-state index contributed by atoms with van der Waals surface area (Å²) in [6.45, 7) is 5.75. The predicted octanol–water partition coefficient (Wildman–Crippen LogP) is 2.85. The topological polar surface area (TPSA) is 52.3 Å². The Balaban J connectivity index is 2.35. The van der Waals surface area contributed by atoms with Gasteiger partial charge in [-0.2, -0.15) is 0 Å². The number of hydrogen-bond acceptors (Lipinski definition) is 3. The Labute approximate surface area is 88.9 Å². The zero-order chi connectivity index (χ0) is 11.0. The first-order chi connectivity index (χ1) is 7.08. The summed E-state index contributed by atoms with van der Waals surface area (Å²) in [5.41, 5.74) is 8.13. The number of hydrogen-bond donors (Lipinski definition) is 1. The highest BCUT2D eigenvalue weighted by Gasteiger charge is 2.16. The molecule has 2 rings (SSSR count). The van der Waals surface area contributed by atoms with Crippen LogP contribution in [0.4, 0.5) is 0 Å². The molecule has 0 amide bonds. The van der Waals surface area contributed by atoms with Crippen LogP contribution in [-0.2, 0) is 0 Å². The van der Waals surface area contributed by atoms with Crippen molar-refractivity contribution in [2.24, 2.45) is 5.73 Å². The monoisotopic (exact) mass is 205 g/mol. The van der Waals surface area contributed by atoms with Crippen molar-refractivity contribution in [1.82, 2.24) is 0 Å². The lowest BCUT2D eigenvalue weighted by Crippen LogP contribution is -2.10. The van der Waals surface area contributed by atoms with Crippen LogP contribution in [0.15, 0.2) is 27.2 Å². The van der Waals surface area contributed by atoms with Crippen LogP contribution in [0.25, 0.3) is 0 Å². The maximum absolute atomic E-state index is 6.12. The molecule has 0 aliphatic heterocycles. The quantitative estimate of drug-likeness (QED) is 0.820. The molecule has 0 bridgehead atoms. The molecule has 0 saturated heterocycles. The molecule has 0 aliphatic rings. The molecular weight excluding hydrogens is 190 g/mol. The van der Waals surface area contributed by atoms with Crippen molar-refractivity contribution in [1.29, 1.82) is 0 Å². The molecular formula is C12H15NO2. The summed E-state index contributed by atoms with van der Waals surface area (Å²) in [7, 11) is 0. The van der Waals surface area contributed by atoms with E-state index >= 15 is 0 Å². The van der Waals surface area contributed by atoms with Crippen LogP contribution in [0, 0.1) is 20.8 Å². The molecule has 80 valence electrons. The van der Waals surface area contributed by atoms with Crippen molar-refractivity contribution < 1.29 is 8.83 Å². The van der Waals surface area contributed by atoms with Gasteiger partial charge in [-0.1, -0.05) is 0 Å². The van der Waals surface area contributed by atoms with E-state index in [1.165, 1.54) is 0 Å². The van der Waals surface area contributed by atoms with E-state index < -0.39 is 0 Å². The molecule has 0 aromatic carbocycles. The molecule has 1 atom stereocenters. The average Bonchev–Trinajstić information content (AvgIpc) is 2.71. The molecule has 0 fully saturated rings. The Morgan fingerprint density at radius 2 is 1.87 bits per heavy atom. The number of rotatable bonds is 2. The Bertz CT molecular complexity index is 468. The lowest BCUT2D eigenvalue weighted by molar-refractivity contribution is 0.499. The minimum absolute atomic E-state index is 0.167. The summed E-state index contributed by atoms with van der Waals surface area (Å²) in [6, 6.07) is 3.76. The van der Waals surface area contributed by atoms with E-state index in [1.807, 2.05) is 32.9 Å². The molecule has 2 aromatic heterocycles. The summed E-state index contributed by atoms with van der Waals surface area (Å²) in [5.74, 6) is 2.63. The van der Waals surface area contributed by atoms with E-state index in [4.69, 9.17) is 14.6 Å². The Morgan fingerprint density at radius 1 is 1.13 bits per heavy atom. The van der Waals surface area contributed by atoms with Gasteiger partial charge in [0.15, 0.2) is 0 Å². The fourth-order valence-corrected chi connectivity index (χ4v) is 1.77. The van der Waals surface area contributed by atoms with Crippen molar-refractivity contribution >= 4 is 0 Å². The molecule has 3 nitrogen and oxygen atoms in total.